The average molecular weight is 261 g/mol. The van der Waals surface area contributed by atoms with Crippen LogP contribution in [-0.2, 0) is 0 Å². The molecule has 0 aliphatic heterocycles. The summed E-state index contributed by atoms with van der Waals surface area (Å²) in [5.74, 6) is -2.15. The highest BCUT2D eigenvalue weighted by atomic mass is 19.1. The van der Waals surface area contributed by atoms with Crippen molar-refractivity contribution in [2.45, 2.75) is 13.8 Å². The summed E-state index contributed by atoms with van der Waals surface area (Å²) in [4.78, 5) is 22.6. The third kappa shape index (κ3) is 2.27. The van der Waals surface area contributed by atoms with Gasteiger partial charge in [0, 0.05) is 23.5 Å². The van der Waals surface area contributed by atoms with Gasteiger partial charge in [-0.2, -0.15) is 0 Å². The number of carbonyl (C=O) groups is 1. The van der Waals surface area contributed by atoms with Gasteiger partial charge in [-0.1, -0.05) is 6.07 Å². The van der Waals surface area contributed by atoms with E-state index in [0.717, 1.165) is 6.07 Å². The Kier molecular flexibility index (Phi) is 3.21. The van der Waals surface area contributed by atoms with Crippen LogP contribution in [0.4, 0.5) is 4.39 Å². The summed E-state index contributed by atoms with van der Waals surface area (Å²) < 4.78 is 15.2. The molecule has 0 saturated heterocycles. The van der Waals surface area contributed by atoms with E-state index < -0.39 is 17.3 Å². The molecule has 0 radical (unpaired) electrons. The molecule has 5 heteroatoms. The number of benzene rings is 1. The minimum absolute atomic E-state index is 0.167. The number of hydrogen-bond donors (Lipinski definition) is 1. The van der Waals surface area contributed by atoms with Crippen molar-refractivity contribution >= 4 is 5.97 Å². The second-order valence-corrected chi connectivity index (χ2v) is 4.25. The first-order chi connectivity index (χ1) is 8.91. The van der Waals surface area contributed by atoms with Crippen molar-refractivity contribution in [3.63, 3.8) is 0 Å². The van der Waals surface area contributed by atoms with Gasteiger partial charge in [0.25, 0.3) is 0 Å². The number of nitrogens with zero attached hydrogens (tertiary/aromatic N) is 1. The van der Waals surface area contributed by atoms with Gasteiger partial charge in [-0.25, -0.2) is 9.18 Å². The number of pyridine rings is 1. The lowest BCUT2D eigenvalue weighted by atomic mass is 10.1. The van der Waals surface area contributed by atoms with E-state index in [1.165, 1.54) is 24.3 Å². The molecule has 0 aliphatic rings. The number of carboxylic acids is 1. The summed E-state index contributed by atoms with van der Waals surface area (Å²) in [6.45, 7) is 3.34. The number of rotatable bonds is 2. The molecule has 1 aromatic carbocycles. The van der Waals surface area contributed by atoms with Crippen molar-refractivity contribution in [2.24, 2.45) is 0 Å². The number of hydrogen-bond acceptors (Lipinski definition) is 2. The standard InChI is InChI=1S/C14H12FNO3/c1-8-6-10(17)7-9(2)16(8)12-5-3-4-11(15)13(12)14(18)19/h3-7H,1-2H3,(H,18,19). The minimum Gasteiger partial charge on any atom is -0.478 e. The van der Waals surface area contributed by atoms with E-state index >= 15 is 0 Å². The molecule has 0 amide bonds. The first-order valence-corrected chi connectivity index (χ1v) is 5.64. The Balaban J connectivity index is 2.84. The summed E-state index contributed by atoms with van der Waals surface area (Å²) in [6.07, 6.45) is 0. The number of aryl methyl sites for hydroxylation is 2. The first kappa shape index (κ1) is 13.0. The highest BCUT2D eigenvalue weighted by molar-refractivity contribution is 5.92. The molecule has 0 fully saturated rings. The molecule has 0 atom stereocenters. The summed E-state index contributed by atoms with van der Waals surface area (Å²) >= 11 is 0. The molecule has 0 unspecified atom stereocenters. The first-order valence-electron chi connectivity index (χ1n) is 5.64. The number of aromatic carboxylic acids is 1. The molecule has 1 aromatic heterocycles. The Labute approximate surface area is 108 Å². The number of halogens is 1. The predicted octanol–water partition coefficient (Wildman–Crippen LogP) is 2.29. The highest BCUT2D eigenvalue weighted by Crippen LogP contribution is 2.20. The molecular formula is C14H12FNO3. The topological polar surface area (TPSA) is 59.3 Å². The second kappa shape index (κ2) is 4.68. The maximum Gasteiger partial charge on any atom is 0.340 e. The summed E-state index contributed by atoms with van der Waals surface area (Å²) in [5, 5.41) is 9.13. The van der Waals surface area contributed by atoms with E-state index in [4.69, 9.17) is 5.11 Å². The second-order valence-electron chi connectivity index (χ2n) is 4.25. The van der Waals surface area contributed by atoms with Gasteiger partial charge in [-0.3, -0.25) is 4.79 Å². The molecule has 0 spiro atoms. The van der Waals surface area contributed by atoms with E-state index in [-0.39, 0.29) is 11.1 Å². The fraction of sp³-hybridized carbons (Fsp3) is 0.143. The van der Waals surface area contributed by atoms with Crippen LogP contribution in [0.1, 0.15) is 21.7 Å². The smallest absolute Gasteiger partial charge is 0.340 e. The monoisotopic (exact) mass is 261 g/mol. The molecule has 0 aliphatic carbocycles. The van der Waals surface area contributed by atoms with Crippen LogP contribution in [0, 0.1) is 19.7 Å². The molecule has 1 heterocycles. The lowest BCUT2D eigenvalue weighted by Gasteiger charge is -2.16. The molecular weight excluding hydrogens is 249 g/mol. The van der Waals surface area contributed by atoms with Crippen LogP contribution in [0.15, 0.2) is 35.1 Å². The third-order valence-corrected chi connectivity index (χ3v) is 2.85. The lowest BCUT2D eigenvalue weighted by Crippen LogP contribution is -2.15. The van der Waals surface area contributed by atoms with Gasteiger partial charge in [0.1, 0.15) is 11.4 Å². The van der Waals surface area contributed by atoms with Gasteiger partial charge in [0.15, 0.2) is 5.43 Å². The third-order valence-electron chi connectivity index (χ3n) is 2.85. The maximum absolute atomic E-state index is 13.7. The van der Waals surface area contributed by atoms with Gasteiger partial charge in [-0.05, 0) is 26.0 Å². The summed E-state index contributed by atoms with van der Waals surface area (Å²) in [5.41, 5.74) is 0.746. The Hall–Kier alpha value is -2.43. The molecule has 1 N–H and O–H groups in total. The zero-order chi connectivity index (χ0) is 14.2. The van der Waals surface area contributed by atoms with E-state index in [9.17, 15) is 14.0 Å². The Morgan fingerprint density at radius 1 is 1.21 bits per heavy atom. The van der Waals surface area contributed by atoms with Crippen molar-refractivity contribution in [3.05, 3.63) is 63.3 Å². The summed E-state index contributed by atoms with van der Waals surface area (Å²) in [7, 11) is 0. The predicted molar refractivity (Wildman–Crippen MR) is 68.4 cm³/mol. The van der Waals surface area contributed by atoms with Gasteiger partial charge in [0.05, 0.1) is 5.69 Å². The van der Waals surface area contributed by atoms with Crippen LogP contribution in [0.25, 0.3) is 5.69 Å². The minimum atomic E-state index is -1.34. The largest absolute Gasteiger partial charge is 0.478 e. The van der Waals surface area contributed by atoms with Crippen molar-refractivity contribution in [1.29, 1.82) is 0 Å². The van der Waals surface area contributed by atoms with E-state index in [2.05, 4.69) is 0 Å². The van der Waals surface area contributed by atoms with Crippen LogP contribution in [0.2, 0.25) is 0 Å². The van der Waals surface area contributed by atoms with Crippen LogP contribution >= 0.6 is 0 Å². The van der Waals surface area contributed by atoms with E-state index in [1.54, 1.807) is 18.4 Å². The van der Waals surface area contributed by atoms with Crippen molar-refractivity contribution < 1.29 is 14.3 Å². The Bertz CT molecular complexity index is 693. The zero-order valence-electron chi connectivity index (χ0n) is 10.5. The van der Waals surface area contributed by atoms with Crippen LogP contribution < -0.4 is 5.43 Å². The molecule has 0 saturated carbocycles. The van der Waals surface area contributed by atoms with Gasteiger partial charge >= 0.3 is 5.97 Å². The highest BCUT2D eigenvalue weighted by Gasteiger charge is 2.18. The van der Waals surface area contributed by atoms with E-state index in [0.29, 0.717) is 11.4 Å². The van der Waals surface area contributed by atoms with Gasteiger partial charge in [0.2, 0.25) is 0 Å². The quantitative estimate of drug-likeness (QED) is 0.902. The molecule has 19 heavy (non-hydrogen) atoms. The van der Waals surface area contributed by atoms with Crippen LogP contribution in [-0.4, -0.2) is 15.6 Å². The zero-order valence-corrected chi connectivity index (χ0v) is 10.5. The van der Waals surface area contributed by atoms with Gasteiger partial charge < -0.3 is 9.67 Å². The van der Waals surface area contributed by atoms with E-state index in [1.807, 2.05) is 0 Å². The SMILES string of the molecule is Cc1cc(=O)cc(C)n1-c1cccc(F)c1C(=O)O. The van der Waals surface area contributed by atoms with Crippen molar-refractivity contribution in [1.82, 2.24) is 4.57 Å². The summed E-state index contributed by atoms with van der Waals surface area (Å²) in [6, 6.07) is 6.80. The lowest BCUT2D eigenvalue weighted by molar-refractivity contribution is 0.0692. The molecule has 2 rings (SSSR count). The van der Waals surface area contributed by atoms with Gasteiger partial charge in [-0.15, -0.1) is 0 Å². The molecule has 2 aromatic rings. The Morgan fingerprint density at radius 3 is 2.32 bits per heavy atom. The molecule has 98 valence electrons. The normalized spacial score (nSPS) is 10.5. The van der Waals surface area contributed by atoms with Crippen LogP contribution in [0.3, 0.4) is 0 Å². The number of carboxylic acid groups (broad SMARTS) is 1. The van der Waals surface area contributed by atoms with Crippen molar-refractivity contribution in [2.75, 3.05) is 0 Å². The average Bonchev–Trinajstić information content (AvgIpc) is 2.26. The number of aromatic nitrogens is 1. The van der Waals surface area contributed by atoms with Crippen LogP contribution in [0.5, 0.6) is 0 Å². The fourth-order valence-electron chi connectivity index (χ4n) is 2.15. The fourth-order valence-corrected chi connectivity index (χ4v) is 2.15. The van der Waals surface area contributed by atoms with Crippen molar-refractivity contribution in [3.8, 4) is 5.69 Å². The Morgan fingerprint density at radius 2 is 1.79 bits per heavy atom. The molecule has 0 bridgehead atoms. The molecule has 4 nitrogen and oxygen atoms in total. The maximum atomic E-state index is 13.7.